The number of aromatic nitrogens is 2. The first-order valence-corrected chi connectivity index (χ1v) is 12.5. The highest BCUT2D eigenvalue weighted by molar-refractivity contribution is 7.80. The third kappa shape index (κ3) is 6.01. The fraction of sp³-hybridized carbons (Fsp3) is 0.542. The summed E-state index contributed by atoms with van der Waals surface area (Å²) in [4.78, 5) is 14.5. The SMILES string of the molecule is C[C@@H]1CCCN(c2cc(N3CCCC[C@@H]3C)nc(NC(=S)NCc3ccc(Cl)cc3)n2)C1. The maximum absolute atomic E-state index is 5.98. The van der Waals surface area contributed by atoms with Crippen LogP contribution in [-0.2, 0) is 6.54 Å². The topological polar surface area (TPSA) is 56.3 Å². The Hall–Kier alpha value is -2.12. The zero-order valence-electron chi connectivity index (χ0n) is 19.0. The average molecular weight is 473 g/mol. The van der Waals surface area contributed by atoms with Crippen molar-refractivity contribution >= 4 is 46.5 Å². The molecule has 0 radical (unpaired) electrons. The Balaban J connectivity index is 1.51. The van der Waals surface area contributed by atoms with Crippen molar-refractivity contribution in [3.63, 3.8) is 0 Å². The third-order valence-electron chi connectivity index (χ3n) is 6.37. The summed E-state index contributed by atoms with van der Waals surface area (Å²) < 4.78 is 0. The minimum atomic E-state index is 0.481. The van der Waals surface area contributed by atoms with E-state index in [-0.39, 0.29) is 0 Å². The number of hydrogen-bond acceptors (Lipinski definition) is 5. The smallest absolute Gasteiger partial charge is 0.232 e. The minimum Gasteiger partial charge on any atom is -0.358 e. The van der Waals surface area contributed by atoms with Crippen LogP contribution in [0.5, 0.6) is 0 Å². The molecular weight excluding hydrogens is 440 g/mol. The van der Waals surface area contributed by atoms with E-state index >= 15 is 0 Å². The molecule has 0 amide bonds. The number of halogens is 1. The van der Waals surface area contributed by atoms with E-state index in [0.29, 0.717) is 29.6 Å². The fourth-order valence-electron chi connectivity index (χ4n) is 4.55. The first kappa shape index (κ1) is 23.1. The van der Waals surface area contributed by atoms with Crippen molar-refractivity contribution in [3.05, 3.63) is 40.9 Å². The van der Waals surface area contributed by atoms with E-state index in [1.807, 2.05) is 24.3 Å². The van der Waals surface area contributed by atoms with Gasteiger partial charge in [0.1, 0.15) is 11.6 Å². The van der Waals surface area contributed by atoms with E-state index in [1.165, 1.54) is 32.1 Å². The van der Waals surface area contributed by atoms with Crippen LogP contribution in [0, 0.1) is 5.92 Å². The molecule has 0 bridgehead atoms. The van der Waals surface area contributed by atoms with Gasteiger partial charge < -0.3 is 20.4 Å². The standard InChI is InChI=1S/C24H33ClN6S/c1-17-6-5-12-30(16-17)21-14-22(31-13-4-3-7-18(31)2)28-23(27-21)29-24(32)26-15-19-8-10-20(25)11-9-19/h8-11,14,17-18H,3-7,12-13,15-16H2,1-2H3,(H2,26,27,28,29,32)/t17-,18+/m1/s1. The molecule has 4 rings (SSSR count). The molecule has 3 heterocycles. The second-order valence-corrected chi connectivity index (χ2v) is 9.92. The van der Waals surface area contributed by atoms with Gasteiger partial charge in [-0.3, -0.25) is 0 Å². The van der Waals surface area contributed by atoms with E-state index in [1.54, 1.807) is 0 Å². The molecule has 172 valence electrons. The summed E-state index contributed by atoms with van der Waals surface area (Å²) in [6.45, 7) is 8.32. The van der Waals surface area contributed by atoms with Crippen molar-refractivity contribution in [2.75, 3.05) is 34.8 Å². The Bertz CT molecular complexity index is 921. The number of piperidine rings is 2. The molecule has 32 heavy (non-hydrogen) atoms. The molecule has 6 nitrogen and oxygen atoms in total. The molecule has 2 fully saturated rings. The van der Waals surface area contributed by atoms with Crippen LogP contribution in [0.15, 0.2) is 30.3 Å². The maximum Gasteiger partial charge on any atom is 0.232 e. The summed E-state index contributed by atoms with van der Waals surface area (Å²) in [6, 6.07) is 10.4. The number of hydrogen-bond donors (Lipinski definition) is 2. The predicted molar refractivity (Wildman–Crippen MR) is 138 cm³/mol. The number of thiocarbonyl (C=S) groups is 1. The second-order valence-electron chi connectivity index (χ2n) is 9.07. The van der Waals surface area contributed by atoms with Crippen LogP contribution in [0.1, 0.15) is 51.5 Å². The number of rotatable bonds is 5. The zero-order valence-corrected chi connectivity index (χ0v) is 20.6. The van der Waals surface area contributed by atoms with Gasteiger partial charge in [0.15, 0.2) is 5.11 Å². The summed E-state index contributed by atoms with van der Waals surface area (Å²) in [7, 11) is 0. The van der Waals surface area contributed by atoms with Gasteiger partial charge in [-0.2, -0.15) is 9.97 Å². The van der Waals surface area contributed by atoms with Gasteiger partial charge in [0, 0.05) is 43.3 Å². The highest BCUT2D eigenvalue weighted by atomic mass is 35.5. The molecule has 2 aromatic rings. The van der Waals surface area contributed by atoms with Crippen LogP contribution in [0.4, 0.5) is 17.6 Å². The lowest BCUT2D eigenvalue weighted by Gasteiger charge is -2.36. The van der Waals surface area contributed by atoms with Crippen molar-refractivity contribution < 1.29 is 0 Å². The number of nitrogens with zero attached hydrogens (tertiary/aromatic N) is 4. The van der Waals surface area contributed by atoms with Crippen molar-refractivity contribution in [2.45, 2.75) is 58.5 Å². The van der Waals surface area contributed by atoms with Gasteiger partial charge in [0.2, 0.25) is 5.95 Å². The molecule has 2 atom stereocenters. The highest BCUT2D eigenvalue weighted by Crippen LogP contribution is 2.29. The van der Waals surface area contributed by atoms with E-state index in [4.69, 9.17) is 33.8 Å². The molecule has 2 N–H and O–H groups in total. The van der Waals surface area contributed by atoms with E-state index < -0.39 is 0 Å². The Kier molecular flexibility index (Phi) is 7.68. The second kappa shape index (κ2) is 10.7. The predicted octanol–water partition coefficient (Wildman–Crippen LogP) is 5.23. The molecule has 2 saturated heterocycles. The quantitative estimate of drug-likeness (QED) is 0.577. The lowest BCUT2D eigenvalue weighted by atomic mass is 10.0. The molecule has 0 saturated carbocycles. The molecule has 1 aromatic carbocycles. The highest BCUT2D eigenvalue weighted by Gasteiger charge is 2.24. The van der Waals surface area contributed by atoms with Gasteiger partial charge in [0.05, 0.1) is 0 Å². The monoisotopic (exact) mass is 472 g/mol. The van der Waals surface area contributed by atoms with Crippen molar-refractivity contribution in [2.24, 2.45) is 5.92 Å². The lowest BCUT2D eigenvalue weighted by Crippen LogP contribution is -2.39. The van der Waals surface area contributed by atoms with Crippen LogP contribution in [-0.4, -0.2) is 40.8 Å². The number of nitrogens with one attached hydrogen (secondary N) is 2. The van der Waals surface area contributed by atoms with Crippen LogP contribution < -0.4 is 20.4 Å². The van der Waals surface area contributed by atoms with Gasteiger partial charge in [-0.1, -0.05) is 30.7 Å². The van der Waals surface area contributed by atoms with E-state index in [9.17, 15) is 0 Å². The number of anilines is 3. The van der Waals surface area contributed by atoms with E-state index in [0.717, 1.165) is 41.9 Å². The molecule has 1 aromatic heterocycles. The Morgan fingerprint density at radius 3 is 2.59 bits per heavy atom. The average Bonchev–Trinajstić information content (AvgIpc) is 2.79. The molecule has 0 spiro atoms. The molecule has 2 aliphatic heterocycles. The van der Waals surface area contributed by atoms with Crippen molar-refractivity contribution in [3.8, 4) is 0 Å². The normalized spacial score (nSPS) is 21.3. The molecule has 8 heteroatoms. The van der Waals surface area contributed by atoms with Gasteiger partial charge in [-0.05, 0) is 74.9 Å². The molecular formula is C24H33ClN6S. The van der Waals surface area contributed by atoms with Gasteiger partial charge in [0.25, 0.3) is 0 Å². The van der Waals surface area contributed by atoms with Crippen LogP contribution >= 0.6 is 23.8 Å². The first-order valence-electron chi connectivity index (χ1n) is 11.7. The van der Waals surface area contributed by atoms with Crippen molar-refractivity contribution in [1.29, 1.82) is 0 Å². The van der Waals surface area contributed by atoms with Gasteiger partial charge in [-0.25, -0.2) is 0 Å². The van der Waals surface area contributed by atoms with Crippen LogP contribution in [0.2, 0.25) is 5.02 Å². The van der Waals surface area contributed by atoms with Crippen LogP contribution in [0.3, 0.4) is 0 Å². The summed E-state index contributed by atoms with van der Waals surface area (Å²) in [6.07, 6.45) is 6.16. The molecule has 0 unspecified atom stereocenters. The molecule has 0 aliphatic carbocycles. The van der Waals surface area contributed by atoms with Gasteiger partial charge >= 0.3 is 0 Å². The minimum absolute atomic E-state index is 0.481. The summed E-state index contributed by atoms with van der Waals surface area (Å²) in [5.74, 6) is 3.21. The van der Waals surface area contributed by atoms with E-state index in [2.05, 4.69) is 40.3 Å². The largest absolute Gasteiger partial charge is 0.358 e. The van der Waals surface area contributed by atoms with Crippen molar-refractivity contribution in [1.82, 2.24) is 15.3 Å². The Morgan fingerprint density at radius 2 is 1.84 bits per heavy atom. The fourth-order valence-corrected chi connectivity index (χ4v) is 4.84. The summed E-state index contributed by atoms with van der Waals surface area (Å²) in [5.41, 5.74) is 1.11. The van der Waals surface area contributed by atoms with Gasteiger partial charge in [-0.15, -0.1) is 0 Å². The zero-order chi connectivity index (χ0) is 22.5. The summed E-state index contributed by atoms with van der Waals surface area (Å²) in [5, 5.41) is 7.72. The summed E-state index contributed by atoms with van der Waals surface area (Å²) >= 11 is 11.5. The maximum atomic E-state index is 5.98. The third-order valence-corrected chi connectivity index (χ3v) is 6.87. The Morgan fingerprint density at radius 1 is 1.06 bits per heavy atom. The number of benzene rings is 1. The lowest BCUT2D eigenvalue weighted by molar-refractivity contribution is 0.444. The first-order chi connectivity index (χ1) is 15.5. The molecule has 2 aliphatic rings. The van der Waals surface area contributed by atoms with Crippen LogP contribution in [0.25, 0.3) is 0 Å². The Labute approximate surface area is 201 Å².